The molecule has 8 aromatic carbocycles. The van der Waals surface area contributed by atoms with Gasteiger partial charge < -0.3 is 9.71 Å². The van der Waals surface area contributed by atoms with E-state index in [-0.39, 0.29) is 12.3 Å². The molecular formula is C49H35BN2. The summed E-state index contributed by atoms with van der Waals surface area (Å²) in [6.07, 6.45) is 0. The van der Waals surface area contributed by atoms with Crippen molar-refractivity contribution >= 4 is 57.0 Å². The second kappa shape index (κ2) is 10.8. The summed E-state index contributed by atoms with van der Waals surface area (Å²) in [5, 5.41) is 2.55. The van der Waals surface area contributed by atoms with Gasteiger partial charge in [-0.15, -0.1) is 0 Å². The molecule has 0 unspecified atom stereocenters. The van der Waals surface area contributed by atoms with Crippen LogP contribution in [0.4, 0.5) is 28.4 Å². The Labute approximate surface area is 305 Å². The molecule has 0 atom stereocenters. The van der Waals surface area contributed by atoms with Crippen molar-refractivity contribution in [3.8, 4) is 33.4 Å². The molecule has 0 amide bonds. The zero-order valence-electron chi connectivity index (χ0n) is 29.2. The fraction of sp³-hybridized carbons (Fsp3) is 0.0612. The van der Waals surface area contributed by atoms with Gasteiger partial charge in [0.2, 0.25) is 0 Å². The van der Waals surface area contributed by atoms with E-state index in [9.17, 15) is 0 Å². The third kappa shape index (κ3) is 4.02. The van der Waals surface area contributed by atoms with Gasteiger partial charge in [-0.1, -0.05) is 153 Å². The van der Waals surface area contributed by atoms with Crippen molar-refractivity contribution in [2.75, 3.05) is 9.71 Å². The summed E-state index contributed by atoms with van der Waals surface area (Å²) in [4.78, 5) is 5.23. The smallest absolute Gasteiger partial charge is 0.333 e. The molecule has 8 aromatic rings. The minimum absolute atomic E-state index is 0.0389. The number of nitrogens with zero attached hydrogens (tertiary/aromatic N) is 2. The van der Waals surface area contributed by atoms with Gasteiger partial charge in [0.05, 0.1) is 5.69 Å². The average Bonchev–Trinajstić information content (AvgIpc) is 3.20. The van der Waals surface area contributed by atoms with Crippen LogP contribution in [0.3, 0.4) is 0 Å². The molecule has 0 radical (unpaired) electrons. The SMILES string of the molecule is CC1(C)c2ccccc2N2c3cc4ccccc4c4c3B(c3cccc1c32)N(c1cccc(-c2ccccc2)c1)c1ccc(-c2ccccc2)cc1-4. The van der Waals surface area contributed by atoms with E-state index in [4.69, 9.17) is 0 Å². The highest BCUT2D eigenvalue weighted by atomic mass is 15.2. The van der Waals surface area contributed by atoms with Gasteiger partial charge >= 0.3 is 6.85 Å². The Morgan fingerprint density at radius 1 is 0.481 bits per heavy atom. The van der Waals surface area contributed by atoms with E-state index in [1.807, 2.05) is 0 Å². The fourth-order valence-corrected chi connectivity index (χ4v) is 9.42. The summed E-state index contributed by atoms with van der Waals surface area (Å²) in [5.74, 6) is 0. The molecule has 0 saturated carbocycles. The molecule has 0 fully saturated rings. The average molecular weight is 663 g/mol. The molecule has 3 heteroatoms. The van der Waals surface area contributed by atoms with Crippen molar-refractivity contribution in [1.29, 1.82) is 0 Å². The minimum atomic E-state index is -0.162. The molecule has 0 N–H and O–H groups in total. The van der Waals surface area contributed by atoms with Crippen molar-refractivity contribution in [3.05, 3.63) is 187 Å². The molecule has 3 aliphatic rings. The topological polar surface area (TPSA) is 6.48 Å². The minimum Gasteiger partial charge on any atom is -0.376 e. The first-order chi connectivity index (χ1) is 25.6. The van der Waals surface area contributed by atoms with Crippen LogP contribution in [0, 0.1) is 0 Å². The van der Waals surface area contributed by atoms with Crippen LogP contribution in [0.15, 0.2) is 176 Å². The van der Waals surface area contributed by atoms with Crippen LogP contribution < -0.4 is 20.6 Å². The lowest BCUT2D eigenvalue weighted by atomic mass is 9.42. The third-order valence-corrected chi connectivity index (χ3v) is 11.8. The number of rotatable bonds is 3. The summed E-state index contributed by atoms with van der Waals surface area (Å²) in [7, 11) is 0. The molecule has 2 nitrogen and oxygen atoms in total. The van der Waals surface area contributed by atoms with Crippen molar-refractivity contribution in [2.24, 2.45) is 0 Å². The Morgan fingerprint density at radius 2 is 1.13 bits per heavy atom. The molecule has 0 aliphatic carbocycles. The molecule has 244 valence electrons. The maximum atomic E-state index is 2.64. The summed E-state index contributed by atoms with van der Waals surface area (Å²) in [5.41, 5.74) is 19.0. The second-order valence-electron chi connectivity index (χ2n) is 14.9. The Bertz CT molecular complexity index is 2730. The maximum Gasteiger partial charge on any atom is 0.333 e. The van der Waals surface area contributed by atoms with Gasteiger partial charge in [0.25, 0.3) is 0 Å². The molecule has 0 spiro atoms. The standard InChI is InChI=1S/C49H35BN2/c1-49(2)40-23-11-12-26-44(40)51-45-31-36-19-9-10-22-38(36)46-39-30-35(33-17-7-4-8-18-33)27-28-43(39)52(50(47(45)46)42-25-14-24-41(49)48(42)51)37-21-13-20-34(29-37)32-15-5-3-6-16-32/h3-31H,1-2H3. The lowest BCUT2D eigenvalue weighted by Gasteiger charge is -2.50. The molecular weight excluding hydrogens is 627 g/mol. The largest absolute Gasteiger partial charge is 0.376 e. The summed E-state index contributed by atoms with van der Waals surface area (Å²) >= 11 is 0. The third-order valence-electron chi connectivity index (χ3n) is 11.8. The van der Waals surface area contributed by atoms with Crippen LogP contribution in [0.25, 0.3) is 44.2 Å². The van der Waals surface area contributed by atoms with Crippen LogP contribution in [-0.4, -0.2) is 6.85 Å². The fourth-order valence-electron chi connectivity index (χ4n) is 9.42. The number of anilines is 5. The number of para-hydroxylation sites is 2. The van der Waals surface area contributed by atoms with E-state index in [0.717, 1.165) is 0 Å². The van der Waals surface area contributed by atoms with E-state index in [1.165, 1.54) is 94.6 Å². The van der Waals surface area contributed by atoms with Gasteiger partial charge in [0.15, 0.2) is 0 Å². The van der Waals surface area contributed by atoms with Gasteiger partial charge in [0, 0.05) is 33.7 Å². The normalized spacial score (nSPS) is 14.4. The van der Waals surface area contributed by atoms with E-state index >= 15 is 0 Å². The molecule has 0 aromatic heterocycles. The van der Waals surface area contributed by atoms with Crippen LogP contribution in [0.2, 0.25) is 0 Å². The molecule has 11 rings (SSSR count). The van der Waals surface area contributed by atoms with Crippen molar-refractivity contribution < 1.29 is 0 Å². The van der Waals surface area contributed by atoms with E-state index < -0.39 is 0 Å². The quantitative estimate of drug-likeness (QED) is 0.174. The zero-order valence-corrected chi connectivity index (χ0v) is 29.2. The number of hydrogen-bond acceptors (Lipinski definition) is 2. The molecule has 0 saturated heterocycles. The highest BCUT2D eigenvalue weighted by Crippen LogP contribution is 2.55. The number of benzene rings is 8. The van der Waals surface area contributed by atoms with E-state index in [2.05, 4.69) is 199 Å². The van der Waals surface area contributed by atoms with Crippen molar-refractivity contribution in [1.82, 2.24) is 0 Å². The Hall–Kier alpha value is -6.32. The number of fused-ring (bicyclic) bond motifs is 8. The zero-order chi connectivity index (χ0) is 34.6. The second-order valence-corrected chi connectivity index (χ2v) is 14.9. The molecule has 3 aliphatic heterocycles. The number of hydrogen-bond donors (Lipinski definition) is 0. The summed E-state index contributed by atoms with van der Waals surface area (Å²) < 4.78 is 0. The van der Waals surface area contributed by atoms with Crippen LogP contribution in [-0.2, 0) is 5.41 Å². The lowest BCUT2D eigenvalue weighted by molar-refractivity contribution is 0.632. The Balaban J connectivity index is 1.28. The van der Waals surface area contributed by atoms with Gasteiger partial charge in [-0.25, -0.2) is 0 Å². The molecule has 52 heavy (non-hydrogen) atoms. The van der Waals surface area contributed by atoms with Crippen LogP contribution in [0.5, 0.6) is 0 Å². The Kier molecular flexibility index (Phi) is 6.13. The predicted octanol–water partition coefficient (Wildman–Crippen LogP) is 11.5. The van der Waals surface area contributed by atoms with Gasteiger partial charge in [-0.2, -0.15) is 0 Å². The Morgan fingerprint density at radius 3 is 1.94 bits per heavy atom. The molecule has 0 bridgehead atoms. The van der Waals surface area contributed by atoms with Gasteiger partial charge in [-0.3, -0.25) is 0 Å². The first kappa shape index (κ1) is 29.4. The molecule has 3 heterocycles. The monoisotopic (exact) mass is 662 g/mol. The summed E-state index contributed by atoms with van der Waals surface area (Å²) in [6, 6.07) is 65.4. The van der Waals surface area contributed by atoms with Gasteiger partial charge in [-0.05, 0) is 97.0 Å². The maximum absolute atomic E-state index is 2.64. The first-order valence-corrected chi connectivity index (χ1v) is 18.3. The van der Waals surface area contributed by atoms with Crippen molar-refractivity contribution in [3.63, 3.8) is 0 Å². The highest BCUT2D eigenvalue weighted by molar-refractivity contribution is 6.94. The van der Waals surface area contributed by atoms with Gasteiger partial charge in [0.1, 0.15) is 0 Å². The van der Waals surface area contributed by atoms with E-state index in [0.29, 0.717) is 0 Å². The predicted molar refractivity (Wildman–Crippen MR) is 221 cm³/mol. The summed E-state index contributed by atoms with van der Waals surface area (Å²) in [6.45, 7) is 4.74. The lowest BCUT2D eigenvalue weighted by Crippen LogP contribution is -2.62. The van der Waals surface area contributed by atoms with Crippen LogP contribution in [0.1, 0.15) is 25.0 Å². The van der Waals surface area contributed by atoms with Crippen molar-refractivity contribution in [2.45, 2.75) is 19.3 Å². The first-order valence-electron chi connectivity index (χ1n) is 18.3. The highest BCUT2D eigenvalue weighted by Gasteiger charge is 2.49. The van der Waals surface area contributed by atoms with E-state index in [1.54, 1.807) is 0 Å². The van der Waals surface area contributed by atoms with Crippen LogP contribution >= 0.6 is 0 Å².